The van der Waals surface area contributed by atoms with Crippen LogP contribution in [0.4, 0.5) is 0 Å². The van der Waals surface area contributed by atoms with Gasteiger partial charge in [0.2, 0.25) is 0 Å². The van der Waals surface area contributed by atoms with Crippen LogP contribution in [0.3, 0.4) is 0 Å². The molecule has 1 amide bonds. The maximum atomic E-state index is 12.2. The number of amides is 1. The monoisotopic (exact) mass is 360 g/mol. The number of thioether (sulfide) groups is 1. The molecule has 21 heavy (non-hydrogen) atoms. The third-order valence-corrected chi connectivity index (χ3v) is 4.69. The van der Waals surface area contributed by atoms with Crippen LogP contribution >= 0.6 is 47.2 Å². The van der Waals surface area contributed by atoms with Crippen molar-refractivity contribution in [1.29, 1.82) is 0 Å². The van der Waals surface area contributed by atoms with Crippen LogP contribution in [0.2, 0.25) is 10.0 Å². The minimum absolute atomic E-state index is 0.174. The zero-order valence-corrected chi connectivity index (χ0v) is 13.8. The topological polar surface area (TPSA) is 60.4 Å². The SMILES string of the molecule is C[C@H](C(=O)[O-])N1C(=O)/C(=C/c2ccc(Cl)cc2Cl)SC1=S. The highest BCUT2D eigenvalue weighted by molar-refractivity contribution is 8.26. The molecule has 0 spiro atoms. The Bertz CT molecular complexity index is 675. The Kier molecular flexibility index (Phi) is 4.93. The lowest BCUT2D eigenvalue weighted by atomic mass is 10.2. The molecule has 0 bridgehead atoms. The lowest BCUT2D eigenvalue weighted by molar-refractivity contribution is -0.309. The molecule has 0 radical (unpaired) electrons. The maximum absolute atomic E-state index is 12.2. The Labute approximate surface area is 140 Å². The highest BCUT2D eigenvalue weighted by Crippen LogP contribution is 2.35. The molecular weight excluding hydrogens is 353 g/mol. The Morgan fingerprint density at radius 3 is 2.71 bits per heavy atom. The first-order valence-electron chi connectivity index (χ1n) is 5.74. The van der Waals surface area contributed by atoms with Crippen LogP contribution in [0.5, 0.6) is 0 Å². The third-order valence-electron chi connectivity index (χ3n) is 2.80. The fraction of sp³-hybridized carbons (Fsp3) is 0.154. The van der Waals surface area contributed by atoms with Gasteiger partial charge in [-0.25, -0.2) is 0 Å². The first-order valence-corrected chi connectivity index (χ1v) is 7.72. The van der Waals surface area contributed by atoms with Crippen molar-refractivity contribution in [3.8, 4) is 0 Å². The van der Waals surface area contributed by atoms with Crippen molar-refractivity contribution >= 4 is 69.5 Å². The molecule has 0 aliphatic carbocycles. The van der Waals surface area contributed by atoms with E-state index < -0.39 is 17.9 Å². The number of rotatable bonds is 3. The number of aliphatic carboxylic acids is 1. The average molecular weight is 361 g/mol. The van der Waals surface area contributed by atoms with Crippen molar-refractivity contribution in [3.05, 3.63) is 38.7 Å². The van der Waals surface area contributed by atoms with Gasteiger partial charge in [-0.1, -0.05) is 53.2 Å². The van der Waals surface area contributed by atoms with E-state index in [9.17, 15) is 14.7 Å². The van der Waals surface area contributed by atoms with Gasteiger partial charge in [0, 0.05) is 10.0 Å². The largest absolute Gasteiger partial charge is 0.548 e. The molecule has 4 nitrogen and oxygen atoms in total. The van der Waals surface area contributed by atoms with E-state index in [2.05, 4.69) is 0 Å². The van der Waals surface area contributed by atoms with Crippen molar-refractivity contribution in [2.24, 2.45) is 0 Å². The zero-order valence-electron chi connectivity index (χ0n) is 10.6. The van der Waals surface area contributed by atoms with E-state index in [4.69, 9.17) is 35.4 Å². The Morgan fingerprint density at radius 2 is 2.14 bits per heavy atom. The summed E-state index contributed by atoms with van der Waals surface area (Å²) in [6, 6.07) is 3.74. The van der Waals surface area contributed by atoms with Crippen LogP contribution in [0.15, 0.2) is 23.1 Å². The highest BCUT2D eigenvalue weighted by Gasteiger charge is 2.35. The van der Waals surface area contributed by atoms with Gasteiger partial charge in [0.1, 0.15) is 4.32 Å². The summed E-state index contributed by atoms with van der Waals surface area (Å²) in [5, 5.41) is 11.8. The van der Waals surface area contributed by atoms with E-state index in [1.165, 1.54) is 6.92 Å². The molecular formula is C13H8Cl2NO3S2-. The molecule has 1 aliphatic rings. The van der Waals surface area contributed by atoms with Gasteiger partial charge in [-0.3, -0.25) is 9.69 Å². The van der Waals surface area contributed by atoms with Gasteiger partial charge < -0.3 is 9.90 Å². The molecule has 1 atom stereocenters. The second-order valence-corrected chi connectivity index (χ2v) is 6.73. The van der Waals surface area contributed by atoms with Gasteiger partial charge in [-0.15, -0.1) is 0 Å². The molecule has 0 saturated carbocycles. The standard InChI is InChI=1S/C13H9Cl2NO3S2/c1-6(12(18)19)16-11(17)10(21-13(16)20)4-7-2-3-8(14)5-9(7)15/h2-6H,1H3,(H,18,19)/p-1/b10-4-/t6-/m1/s1. The molecule has 0 aromatic heterocycles. The van der Waals surface area contributed by atoms with Gasteiger partial charge in [0.05, 0.1) is 16.9 Å². The minimum atomic E-state index is -1.36. The summed E-state index contributed by atoms with van der Waals surface area (Å²) in [5.74, 6) is -1.84. The van der Waals surface area contributed by atoms with E-state index >= 15 is 0 Å². The number of carboxylic acids is 1. The van der Waals surface area contributed by atoms with Crippen molar-refractivity contribution in [3.63, 3.8) is 0 Å². The number of carbonyl (C=O) groups excluding carboxylic acids is 2. The molecule has 1 heterocycles. The number of carboxylic acid groups (broad SMARTS) is 1. The lowest BCUT2D eigenvalue weighted by Gasteiger charge is -2.23. The fourth-order valence-electron chi connectivity index (χ4n) is 1.68. The molecule has 110 valence electrons. The molecule has 0 unspecified atom stereocenters. The van der Waals surface area contributed by atoms with Crippen molar-refractivity contribution in [2.45, 2.75) is 13.0 Å². The zero-order chi connectivity index (χ0) is 15.7. The van der Waals surface area contributed by atoms with Crippen LogP contribution in [0, 0.1) is 0 Å². The second kappa shape index (κ2) is 6.36. The number of thiocarbonyl (C=S) groups is 1. The summed E-state index contributed by atoms with van der Waals surface area (Å²) in [6.07, 6.45) is 1.56. The number of benzene rings is 1. The van der Waals surface area contributed by atoms with Crippen LogP contribution in [0.1, 0.15) is 12.5 Å². The summed E-state index contributed by atoms with van der Waals surface area (Å²) in [6.45, 7) is 1.35. The first-order chi connectivity index (χ1) is 9.81. The van der Waals surface area contributed by atoms with Gasteiger partial charge in [-0.2, -0.15) is 0 Å². The summed E-state index contributed by atoms with van der Waals surface area (Å²) >= 11 is 17.9. The predicted molar refractivity (Wildman–Crippen MR) is 85.9 cm³/mol. The third kappa shape index (κ3) is 3.40. The number of hydrogen-bond donors (Lipinski definition) is 0. The Balaban J connectivity index is 2.34. The van der Waals surface area contributed by atoms with Crippen molar-refractivity contribution in [1.82, 2.24) is 4.90 Å². The first kappa shape index (κ1) is 16.3. The van der Waals surface area contributed by atoms with Gasteiger partial charge in [-0.05, 0) is 30.7 Å². The lowest BCUT2D eigenvalue weighted by Crippen LogP contribution is -2.48. The molecule has 0 N–H and O–H groups in total. The molecule has 1 saturated heterocycles. The van der Waals surface area contributed by atoms with Gasteiger partial charge in [0.15, 0.2) is 0 Å². The molecule has 8 heteroatoms. The smallest absolute Gasteiger partial charge is 0.266 e. The van der Waals surface area contributed by atoms with E-state index in [0.717, 1.165) is 16.7 Å². The maximum Gasteiger partial charge on any atom is 0.266 e. The number of carbonyl (C=O) groups is 2. The molecule has 1 aliphatic heterocycles. The van der Waals surface area contributed by atoms with Crippen LogP contribution in [-0.4, -0.2) is 27.1 Å². The van der Waals surface area contributed by atoms with E-state index in [-0.39, 0.29) is 4.32 Å². The summed E-state index contributed by atoms with van der Waals surface area (Å²) in [5.41, 5.74) is 0.600. The van der Waals surface area contributed by atoms with E-state index in [0.29, 0.717) is 20.5 Å². The highest BCUT2D eigenvalue weighted by atomic mass is 35.5. The number of nitrogens with zero attached hydrogens (tertiary/aromatic N) is 1. The second-order valence-electron chi connectivity index (χ2n) is 4.21. The van der Waals surface area contributed by atoms with Gasteiger partial charge >= 0.3 is 0 Å². The van der Waals surface area contributed by atoms with Crippen LogP contribution in [-0.2, 0) is 9.59 Å². The quantitative estimate of drug-likeness (QED) is 0.611. The minimum Gasteiger partial charge on any atom is -0.548 e. The fourth-order valence-corrected chi connectivity index (χ4v) is 3.55. The Morgan fingerprint density at radius 1 is 1.48 bits per heavy atom. The van der Waals surface area contributed by atoms with Crippen molar-refractivity contribution in [2.75, 3.05) is 0 Å². The Hall–Kier alpha value is -1.08. The molecule has 1 aromatic rings. The summed E-state index contributed by atoms with van der Waals surface area (Å²) in [4.78, 5) is 24.5. The normalized spacial score (nSPS) is 18.4. The molecule has 1 aromatic carbocycles. The molecule has 1 fully saturated rings. The van der Waals surface area contributed by atoms with Gasteiger partial charge in [0.25, 0.3) is 5.91 Å². The van der Waals surface area contributed by atoms with Crippen molar-refractivity contribution < 1.29 is 14.7 Å². The number of hydrogen-bond acceptors (Lipinski definition) is 5. The van der Waals surface area contributed by atoms with E-state index in [1.807, 2.05) is 0 Å². The van der Waals surface area contributed by atoms with E-state index in [1.54, 1.807) is 24.3 Å². The predicted octanol–water partition coefficient (Wildman–Crippen LogP) is 2.33. The molecule has 2 rings (SSSR count). The average Bonchev–Trinajstić information content (AvgIpc) is 2.67. The summed E-state index contributed by atoms with van der Waals surface area (Å²) in [7, 11) is 0. The summed E-state index contributed by atoms with van der Waals surface area (Å²) < 4.78 is 0.174. The van der Waals surface area contributed by atoms with Crippen LogP contribution in [0.25, 0.3) is 6.08 Å². The number of halogens is 2. The van der Waals surface area contributed by atoms with Crippen LogP contribution < -0.4 is 5.11 Å².